The number of sulfonamides is 1. The second-order valence-electron chi connectivity index (χ2n) is 3.18. The molecular formula is C8H12BrNO3S2. The van der Waals surface area contributed by atoms with Gasteiger partial charge in [0.1, 0.15) is 0 Å². The van der Waals surface area contributed by atoms with Gasteiger partial charge in [0.2, 0.25) is 10.0 Å². The Labute approximate surface area is 102 Å². The van der Waals surface area contributed by atoms with E-state index in [-0.39, 0.29) is 11.5 Å². The minimum Gasteiger partial charge on any atom is -0.395 e. The third kappa shape index (κ3) is 3.25. The molecule has 0 radical (unpaired) electrons. The molecule has 0 saturated carbocycles. The molecule has 4 nitrogen and oxygen atoms in total. The second kappa shape index (κ2) is 4.92. The highest BCUT2D eigenvalue weighted by Gasteiger charge is 2.21. The molecule has 0 aliphatic rings. The van der Waals surface area contributed by atoms with Crippen LogP contribution in [0, 0.1) is 6.92 Å². The third-order valence-electron chi connectivity index (χ3n) is 1.76. The van der Waals surface area contributed by atoms with E-state index >= 15 is 0 Å². The molecule has 1 atom stereocenters. The number of hydrogen-bond acceptors (Lipinski definition) is 4. The Morgan fingerprint density at radius 3 is 2.67 bits per heavy atom. The number of rotatable bonds is 4. The fourth-order valence-electron chi connectivity index (χ4n) is 1.06. The number of hydrogen-bond donors (Lipinski definition) is 2. The van der Waals surface area contributed by atoms with Crippen molar-refractivity contribution in [1.29, 1.82) is 0 Å². The van der Waals surface area contributed by atoms with Crippen LogP contribution in [0.15, 0.2) is 14.7 Å². The van der Waals surface area contributed by atoms with E-state index < -0.39 is 16.1 Å². The summed E-state index contributed by atoms with van der Waals surface area (Å²) in [5.41, 5.74) is 0. The molecule has 1 heterocycles. The minimum atomic E-state index is -3.51. The maximum Gasteiger partial charge on any atom is 0.242 e. The van der Waals surface area contributed by atoms with Crippen LogP contribution in [-0.4, -0.2) is 26.2 Å². The Balaban J connectivity index is 3.01. The van der Waals surface area contributed by atoms with Crippen molar-refractivity contribution >= 4 is 37.3 Å². The highest BCUT2D eigenvalue weighted by Crippen LogP contribution is 2.29. The van der Waals surface area contributed by atoms with Crippen LogP contribution in [0.5, 0.6) is 0 Å². The molecule has 0 aliphatic carbocycles. The molecule has 7 heteroatoms. The summed E-state index contributed by atoms with van der Waals surface area (Å²) in [6.45, 7) is 3.13. The SMILES string of the molecule is Cc1sc(Br)cc1S(=O)(=O)NC(C)CO. The number of aliphatic hydroxyl groups is 1. The van der Waals surface area contributed by atoms with Crippen LogP contribution in [-0.2, 0) is 10.0 Å². The second-order valence-corrected chi connectivity index (χ2v) is 7.49. The normalized spacial score (nSPS) is 14.1. The zero-order valence-electron chi connectivity index (χ0n) is 8.32. The van der Waals surface area contributed by atoms with Crippen LogP contribution in [0.1, 0.15) is 11.8 Å². The van der Waals surface area contributed by atoms with E-state index in [0.29, 0.717) is 0 Å². The molecule has 0 fully saturated rings. The first-order valence-electron chi connectivity index (χ1n) is 4.26. The Morgan fingerprint density at radius 1 is 1.67 bits per heavy atom. The lowest BCUT2D eigenvalue weighted by atomic mass is 10.4. The number of aryl methyl sites for hydroxylation is 1. The molecule has 86 valence electrons. The molecule has 1 unspecified atom stereocenters. The first-order chi connectivity index (χ1) is 6.86. The van der Waals surface area contributed by atoms with E-state index in [9.17, 15) is 8.42 Å². The fourth-order valence-corrected chi connectivity index (χ4v) is 4.71. The van der Waals surface area contributed by atoms with E-state index in [2.05, 4.69) is 20.7 Å². The molecule has 0 aromatic carbocycles. The van der Waals surface area contributed by atoms with Crippen molar-refractivity contribution in [2.45, 2.75) is 24.8 Å². The molecule has 15 heavy (non-hydrogen) atoms. The topological polar surface area (TPSA) is 66.4 Å². The maximum absolute atomic E-state index is 11.8. The van der Waals surface area contributed by atoms with Crippen molar-refractivity contribution in [2.75, 3.05) is 6.61 Å². The van der Waals surface area contributed by atoms with Crippen molar-refractivity contribution < 1.29 is 13.5 Å². The minimum absolute atomic E-state index is 0.219. The van der Waals surface area contributed by atoms with E-state index in [4.69, 9.17) is 5.11 Å². The van der Waals surface area contributed by atoms with Crippen LogP contribution in [0.2, 0.25) is 0 Å². The predicted molar refractivity (Wildman–Crippen MR) is 63.6 cm³/mol. The van der Waals surface area contributed by atoms with Gasteiger partial charge in [-0.1, -0.05) is 0 Å². The number of halogens is 1. The van der Waals surface area contributed by atoms with E-state index in [0.717, 1.165) is 8.66 Å². The van der Waals surface area contributed by atoms with Gasteiger partial charge in [0.15, 0.2) is 0 Å². The summed E-state index contributed by atoms with van der Waals surface area (Å²) in [7, 11) is -3.51. The number of nitrogens with one attached hydrogen (secondary N) is 1. The molecule has 2 N–H and O–H groups in total. The molecule has 1 rings (SSSR count). The summed E-state index contributed by atoms with van der Waals surface area (Å²) < 4.78 is 26.8. The summed E-state index contributed by atoms with van der Waals surface area (Å²) in [6.07, 6.45) is 0. The van der Waals surface area contributed by atoms with Gasteiger partial charge in [-0.05, 0) is 35.8 Å². The van der Waals surface area contributed by atoms with Crippen molar-refractivity contribution in [3.05, 3.63) is 14.7 Å². The van der Waals surface area contributed by atoms with Crippen LogP contribution in [0.4, 0.5) is 0 Å². The van der Waals surface area contributed by atoms with Gasteiger partial charge in [-0.2, -0.15) is 0 Å². The maximum atomic E-state index is 11.8. The molecule has 0 saturated heterocycles. The summed E-state index contributed by atoms with van der Waals surface area (Å²) in [5, 5.41) is 8.79. The van der Waals surface area contributed by atoms with Crippen molar-refractivity contribution in [2.24, 2.45) is 0 Å². The van der Waals surface area contributed by atoms with Gasteiger partial charge in [-0.3, -0.25) is 0 Å². The molecule has 0 aliphatic heterocycles. The first-order valence-corrected chi connectivity index (χ1v) is 7.35. The Kier molecular flexibility index (Phi) is 4.30. The predicted octanol–water partition coefficient (Wildman–Crippen LogP) is 1.48. The summed E-state index contributed by atoms with van der Waals surface area (Å²) in [4.78, 5) is 0.985. The fraction of sp³-hybridized carbons (Fsp3) is 0.500. The zero-order valence-corrected chi connectivity index (χ0v) is 11.5. The van der Waals surface area contributed by atoms with Gasteiger partial charge in [-0.15, -0.1) is 11.3 Å². The number of aliphatic hydroxyl groups excluding tert-OH is 1. The van der Waals surface area contributed by atoms with Crippen LogP contribution in [0.3, 0.4) is 0 Å². The summed E-state index contributed by atoms with van der Waals surface area (Å²) >= 11 is 4.60. The van der Waals surface area contributed by atoms with Crippen molar-refractivity contribution in [3.63, 3.8) is 0 Å². The third-order valence-corrected chi connectivity index (χ3v) is 5.16. The molecule has 1 aromatic heterocycles. The number of thiophene rings is 1. The quantitative estimate of drug-likeness (QED) is 0.884. The van der Waals surface area contributed by atoms with Gasteiger partial charge in [-0.25, -0.2) is 13.1 Å². The molecule has 0 bridgehead atoms. The summed E-state index contributed by atoms with van der Waals surface area (Å²) in [6, 6.07) is 1.08. The highest BCUT2D eigenvalue weighted by molar-refractivity contribution is 9.11. The zero-order chi connectivity index (χ0) is 11.6. The average molecular weight is 314 g/mol. The van der Waals surface area contributed by atoms with Gasteiger partial charge >= 0.3 is 0 Å². The molecule has 1 aromatic rings. The Hall–Kier alpha value is 0.0500. The van der Waals surface area contributed by atoms with Gasteiger partial charge in [0.25, 0.3) is 0 Å². The lowest BCUT2D eigenvalue weighted by molar-refractivity contribution is 0.265. The highest BCUT2D eigenvalue weighted by atomic mass is 79.9. The lowest BCUT2D eigenvalue weighted by Gasteiger charge is -2.10. The Bertz CT molecular complexity index is 441. The van der Waals surface area contributed by atoms with Gasteiger partial charge in [0, 0.05) is 10.9 Å². The molecular weight excluding hydrogens is 302 g/mol. The average Bonchev–Trinajstić information content (AvgIpc) is 2.45. The van der Waals surface area contributed by atoms with Crippen molar-refractivity contribution in [1.82, 2.24) is 4.72 Å². The van der Waals surface area contributed by atoms with Crippen LogP contribution < -0.4 is 4.72 Å². The van der Waals surface area contributed by atoms with Crippen LogP contribution >= 0.6 is 27.3 Å². The molecule has 0 amide bonds. The first kappa shape index (κ1) is 13.1. The standard InChI is InChI=1S/C8H12BrNO3S2/c1-5(4-11)10-15(12,13)7-3-8(9)14-6(7)2/h3,5,10-11H,4H2,1-2H3. The largest absolute Gasteiger partial charge is 0.395 e. The summed E-state index contributed by atoms with van der Waals surface area (Å²) in [5.74, 6) is 0. The van der Waals surface area contributed by atoms with Gasteiger partial charge < -0.3 is 5.11 Å². The molecule has 0 spiro atoms. The van der Waals surface area contributed by atoms with Crippen LogP contribution in [0.25, 0.3) is 0 Å². The van der Waals surface area contributed by atoms with E-state index in [1.165, 1.54) is 11.3 Å². The van der Waals surface area contributed by atoms with Gasteiger partial charge in [0.05, 0.1) is 15.3 Å². The van der Waals surface area contributed by atoms with Crippen molar-refractivity contribution in [3.8, 4) is 0 Å². The monoisotopic (exact) mass is 313 g/mol. The smallest absolute Gasteiger partial charge is 0.242 e. The van der Waals surface area contributed by atoms with E-state index in [1.54, 1.807) is 19.9 Å². The van der Waals surface area contributed by atoms with E-state index in [1.807, 2.05) is 0 Å². The Morgan fingerprint density at radius 2 is 2.27 bits per heavy atom. The lowest BCUT2D eigenvalue weighted by Crippen LogP contribution is -2.35.